The van der Waals surface area contributed by atoms with Gasteiger partial charge in [-0.3, -0.25) is 4.79 Å². The first-order chi connectivity index (χ1) is 11.7. The third kappa shape index (κ3) is 3.95. The monoisotopic (exact) mass is 349 g/mol. The van der Waals surface area contributed by atoms with E-state index < -0.39 is 0 Å². The summed E-state index contributed by atoms with van der Waals surface area (Å²) < 4.78 is 11.0. The standard InChI is InChI=1S/C17H20ClN3O3/c1-23-14-8-15(17-19-5-6-20-17)21(9-14)16(22)11-24-10-12-3-2-4-13(18)7-12/h2-7,14-15H,8-11H2,1H3,(H,19,20)/t14-,15?/m1/s1. The molecule has 1 N–H and O–H groups in total. The molecule has 2 aromatic rings. The van der Waals surface area contributed by atoms with Crippen molar-refractivity contribution in [1.82, 2.24) is 14.9 Å². The maximum atomic E-state index is 12.5. The van der Waals surface area contributed by atoms with Crippen molar-refractivity contribution in [2.45, 2.75) is 25.2 Å². The van der Waals surface area contributed by atoms with Crippen LogP contribution in [0.2, 0.25) is 5.02 Å². The minimum absolute atomic E-state index is 0.0111. The molecular weight excluding hydrogens is 330 g/mol. The number of nitrogens with one attached hydrogen (secondary N) is 1. The Morgan fingerprint density at radius 3 is 3.08 bits per heavy atom. The van der Waals surface area contributed by atoms with Crippen molar-refractivity contribution in [3.05, 3.63) is 53.1 Å². The van der Waals surface area contributed by atoms with Gasteiger partial charge in [-0.15, -0.1) is 0 Å². The first-order valence-corrected chi connectivity index (χ1v) is 8.19. The number of methoxy groups -OCH3 is 1. The predicted octanol–water partition coefficient (Wildman–Crippen LogP) is 2.57. The summed E-state index contributed by atoms with van der Waals surface area (Å²) in [6.07, 6.45) is 4.18. The van der Waals surface area contributed by atoms with Gasteiger partial charge in [0.05, 0.1) is 18.8 Å². The van der Waals surface area contributed by atoms with Gasteiger partial charge in [0.1, 0.15) is 12.4 Å². The van der Waals surface area contributed by atoms with E-state index in [1.54, 1.807) is 30.5 Å². The summed E-state index contributed by atoms with van der Waals surface area (Å²) in [7, 11) is 1.66. The first kappa shape index (κ1) is 17.0. The lowest BCUT2D eigenvalue weighted by molar-refractivity contribution is -0.138. The number of nitrogens with zero attached hydrogens (tertiary/aromatic N) is 2. The molecule has 1 saturated heterocycles. The highest BCUT2D eigenvalue weighted by Crippen LogP contribution is 2.31. The van der Waals surface area contributed by atoms with Crippen molar-refractivity contribution in [2.24, 2.45) is 0 Å². The minimum Gasteiger partial charge on any atom is -0.380 e. The molecular formula is C17H20ClN3O3. The zero-order valence-electron chi connectivity index (χ0n) is 13.4. The fourth-order valence-electron chi connectivity index (χ4n) is 2.93. The van der Waals surface area contributed by atoms with E-state index in [1.807, 2.05) is 18.2 Å². The van der Waals surface area contributed by atoms with E-state index in [0.29, 0.717) is 18.2 Å². The molecule has 2 heterocycles. The van der Waals surface area contributed by atoms with Gasteiger partial charge in [0, 0.05) is 37.5 Å². The molecule has 7 heteroatoms. The number of hydrogen-bond acceptors (Lipinski definition) is 4. The lowest BCUT2D eigenvalue weighted by Crippen LogP contribution is -2.35. The summed E-state index contributed by atoms with van der Waals surface area (Å²) in [5.41, 5.74) is 0.939. The summed E-state index contributed by atoms with van der Waals surface area (Å²) in [6, 6.07) is 7.30. The molecule has 3 rings (SSSR count). The Labute approximate surface area is 145 Å². The van der Waals surface area contributed by atoms with Gasteiger partial charge in [0.25, 0.3) is 0 Å². The van der Waals surface area contributed by atoms with Crippen molar-refractivity contribution < 1.29 is 14.3 Å². The van der Waals surface area contributed by atoms with Crippen LogP contribution in [0, 0.1) is 0 Å². The molecule has 1 fully saturated rings. The SMILES string of the molecule is CO[C@@H]1CC(c2ncc[nH]2)N(C(=O)COCc2cccc(Cl)c2)C1. The van der Waals surface area contributed by atoms with Crippen molar-refractivity contribution in [2.75, 3.05) is 20.3 Å². The summed E-state index contributed by atoms with van der Waals surface area (Å²) in [6.45, 7) is 0.903. The zero-order chi connectivity index (χ0) is 16.9. The van der Waals surface area contributed by atoms with Crippen molar-refractivity contribution in [3.8, 4) is 0 Å². The lowest BCUT2D eigenvalue weighted by Gasteiger charge is -2.22. The molecule has 0 spiro atoms. The van der Waals surface area contributed by atoms with E-state index in [2.05, 4.69) is 9.97 Å². The van der Waals surface area contributed by atoms with Crippen LogP contribution >= 0.6 is 11.6 Å². The molecule has 0 bridgehead atoms. The molecule has 1 aliphatic heterocycles. The van der Waals surface area contributed by atoms with Crippen LogP contribution in [0.1, 0.15) is 23.9 Å². The number of rotatable bonds is 6. The second-order valence-electron chi connectivity index (χ2n) is 5.75. The number of carbonyl (C=O) groups is 1. The molecule has 1 aromatic carbocycles. The van der Waals surface area contributed by atoms with E-state index in [9.17, 15) is 4.79 Å². The summed E-state index contributed by atoms with van der Waals surface area (Å²) >= 11 is 5.94. The Balaban J connectivity index is 1.58. The maximum Gasteiger partial charge on any atom is 0.249 e. The number of halogens is 1. The number of aromatic nitrogens is 2. The van der Waals surface area contributed by atoms with Crippen LogP contribution in [0.5, 0.6) is 0 Å². The summed E-state index contributed by atoms with van der Waals surface area (Å²) in [5.74, 6) is 0.704. The van der Waals surface area contributed by atoms with Crippen molar-refractivity contribution in [1.29, 1.82) is 0 Å². The molecule has 128 valence electrons. The Morgan fingerprint density at radius 1 is 1.50 bits per heavy atom. The van der Waals surface area contributed by atoms with Crippen molar-refractivity contribution in [3.63, 3.8) is 0 Å². The summed E-state index contributed by atoms with van der Waals surface area (Å²) in [5, 5.41) is 0.655. The molecule has 0 radical (unpaired) electrons. The third-order valence-electron chi connectivity index (χ3n) is 4.13. The van der Waals surface area contributed by atoms with Gasteiger partial charge in [-0.25, -0.2) is 4.98 Å². The van der Waals surface area contributed by atoms with Crippen LogP contribution < -0.4 is 0 Å². The van der Waals surface area contributed by atoms with Crippen LogP contribution in [0.25, 0.3) is 0 Å². The number of carbonyl (C=O) groups excluding carboxylic acids is 1. The molecule has 1 amide bonds. The quantitative estimate of drug-likeness (QED) is 0.870. The lowest BCUT2D eigenvalue weighted by atomic mass is 10.2. The number of imidazole rings is 1. The van der Waals surface area contributed by atoms with Gasteiger partial charge in [-0.2, -0.15) is 0 Å². The normalized spacial score (nSPS) is 20.5. The fraction of sp³-hybridized carbons (Fsp3) is 0.412. The van der Waals surface area contributed by atoms with E-state index >= 15 is 0 Å². The molecule has 24 heavy (non-hydrogen) atoms. The Kier molecular flexibility index (Phi) is 5.50. The van der Waals surface area contributed by atoms with Crippen LogP contribution in [-0.4, -0.2) is 47.1 Å². The number of likely N-dealkylation sites (tertiary alicyclic amines) is 1. The van der Waals surface area contributed by atoms with Gasteiger partial charge >= 0.3 is 0 Å². The summed E-state index contributed by atoms with van der Waals surface area (Å²) in [4.78, 5) is 21.7. The Hall–Kier alpha value is -1.89. The van der Waals surface area contributed by atoms with E-state index in [1.165, 1.54) is 0 Å². The van der Waals surface area contributed by atoms with Gasteiger partial charge < -0.3 is 19.4 Å². The van der Waals surface area contributed by atoms with Gasteiger partial charge in [0.2, 0.25) is 5.91 Å². The first-order valence-electron chi connectivity index (χ1n) is 7.81. The average Bonchev–Trinajstić information content (AvgIpc) is 3.24. The van der Waals surface area contributed by atoms with Crippen LogP contribution in [-0.2, 0) is 20.9 Å². The smallest absolute Gasteiger partial charge is 0.249 e. The van der Waals surface area contributed by atoms with E-state index in [0.717, 1.165) is 17.8 Å². The van der Waals surface area contributed by atoms with Crippen LogP contribution in [0.15, 0.2) is 36.7 Å². The minimum atomic E-state index is -0.104. The highest BCUT2D eigenvalue weighted by Gasteiger charge is 2.37. The van der Waals surface area contributed by atoms with Crippen LogP contribution in [0.3, 0.4) is 0 Å². The molecule has 1 aromatic heterocycles. The van der Waals surface area contributed by atoms with E-state index in [-0.39, 0.29) is 24.7 Å². The number of ether oxygens (including phenoxy) is 2. The highest BCUT2D eigenvalue weighted by molar-refractivity contribution is 6.30. The number of benzene rings is 1. The van der Waals surface area contributed by atoms with Gasteiger partial charge in [-0.1, -0.05) is 23.7 Å². The topological polar surface area (TPSA) is 67.5 Å². The zero-order valence-corrected chi connectivity index (χ0v) is 14.2. The average molecular weight is 350 g/mol. The Morgan fingerprint density at radius 2 is 2.38 bits per heavy atom. The molecule has 1 unspecified atom stereocenters. The molecule has 0 aliphatic carbocycles. The third-order valence-corrected chi connectivity index (χ3v) is 4.37. The number of amides is 1. The fourth-order valence-corrected chi connectivity index (χ4v) is 3.14. The predicted molar refractivity (Wildman–Crippen MR) is 89.6 cm³/mol. The van der Waals surface area contributed by atoms with Crippen LogP contribution in [0.4, 0.5) is 0 Å². The number of H-pyrrole nitrogens is 1. The molecule has 2 atom stereocenters. The largest absolute Gasteiger partial charge is 0.380 e. The molecule has 0 saturated carbocycles. The van der Waals surface area contributed by atoms with Gasteiger partial charge in [-0.05, 0) is 17.7 Å². The maximum absolute atomic E-state index is 12.5. The second kappa shape index (κ2) is 7.79. The number of aromatic amines is 1. The number of hydrogen-bond donors (Lipinski definition) is 1. The highest BCUT2D eigenvalue weighted by atomic mass is 35.5. The molecule has 6 nitrogen and oxygen atoms in total. The van der Waals surface area contributed by atoms with E-state index in [4.69, 9.17) is 21.1 Å². The second-order valence-corrected chi connectivity index (χ2v) is 6.19. The Bertz CT molecular complexity index is 677. The molecule has 1 aliphatic rings. The van der Waals surface area contributed by atoms with Gasteiger partial charge in [0.15, 0.2) is 0 Å². The van der Waals surface area contributed by atoms with Crippen molar-refractivity contribution >= 4 is 17.5 Å².